The van der Waals surface area contributed by atoms with Gasteiger partial charge >= 0.3 is 0 Å². The number of anilines is 1. The van der Waals surface area contributed by atoms with Crippen molar-refractivity contribution in [3.63, 3.8) is 0 Å². The van der Waals surface area contributed by atoms with Crippen molar-refractivity contribution in [2.45, 2.75) is 38.3 Å². The van der Waals surface area contributed by atoms with Gasteiger partial charge in [0.1, 0.15) is 18.3 Å². The molecule has 0 fully saturated rings. The predicted molar refractivity (Wildman–Crippen MR) is 161 cm³/mol. The van der Waals surface area contributed by atoms with Crippen molar-refractivity contribution < 1.29 is 27.7 Å². The van der Waals surface area contributed by atoms with E-state index in [0.717, 1.165) is 10.4 Å². The number of halogens is 2. The molecule has 0 bridgehead atoms. The van der Waals surface area contributed by atoms with E-state index >= 15 is 0 Å². The number of sulfonamides is 1. The quantitative estimate of drug-likeness (QED) is 0.219. The van der Waals surface area contributed by atoms with Gasteiger partial charge in [0.05, 0.1) is 32.7 Å². The zero-order chi connectivity index (χ0) is 31.2. The summed E-state index contributed by atoms with van der Waals surface area (Å²) in [7, 11) is -3.07. The Bertz CT molecular complexity index is 1580. The van der Waals surface area contributed by atoms with Crippen molar-refractivity contribution in [3.05, 3.63) is 92.0 Å². The maximum absolute atomic E-state index is 14.0. The van der Waals surface area contributed by atoms with Crippen molar-refractivity contribution in [1.82, 2.24) is 10.2 Å². The number of nitrogens with one attached hydrogen (secondary N) is 1. The average molecular weight is 638 g/mol. The van der Waals surface area contributed by atoms with Gasteiger partial charge < -0.3 is 15.0 Å². The maximum Gasteiger partial charge on any atom is 0.273 e. The molecule has 0 aromatic heterocycles. The number of aryl methyl sites for hydroxylation is 1. The highest BCUT2D eigenvalue weighted by atomic mass is 35.5. The number of ether oxygens (including phenoxy) is 1. The maximum atomic E-state index is 14.0. The van der Waals surface area contributed by atoms with E-state index in [2.05, 4.69) is 5.32 Å². The molecule has 0 saturated heterocycles. The second kappa shape index (κ2) is 13.9. The second-order valence-corrected chi connectivity index (χ2v) is 11.9. The fraction of sp³-hybridized carbons (Fsp3) is 0.286. The Kier molecular flexibility index (Phi) is 10.8. The molecule has 3 rings (SSSR count). The number of nitro groups is 1. The second-order valence-electron chi connectivity index (χ2n) is 9.26. The number of hydrogen-bond acceptors (Lipinski definition) is 7. The number of carbonyl (C=O) groups is 2. The number of rotatable bonds is 12. The van der Waals surface area contributed by atoms with Gasteiger partial charge in [0.2, 0.25) is 11.8 Å². The summed E-state index contributed by atoms with van der Waals surface area (Å²) >= 11 is 12.2. The van der Waals surface area contributed by atoms with Gasteiger partial charge in [0.15, 0.2) is 0 Å². The molecule has 42 heavy (non-hydrogen) atoms. The van der Waals surface area contributed by atoms with Crippen molar-refractivity contribution in [2.24, 2.45) is 0 Å². The molecule has 1 atom stereocenters. The van der Waals surface area contributed by atoms with Crippen LogP contribution in [0.1, 0.15) is 25.0 Å². The number of carbonyl (C=O) groups excluding carboxylic acids is 2. The van der Waals surface area contributed by atoms with E-state index in [1.54, 1.807) is 25.1 Å². The van der Waals surface area contributed by atoms with E-state index < -0.39 is 39.3 Å². The minimum absolute atomic E-state index is 0.0828. The van der Waals surface area contributed by atoms with Crippen LogP contribution in [0.3, 0.4) is 0 Å². The molecule has 0 aliphatic carbocycles. The Hall–Kier alpha value is -3.87. The van der Waals surface area contributed by atoms with Crippen LogP contribution in [0.5, 0.6) is 5.75 Å². The third kappa shape index (κ3) is 7.50. The molecule has 3 aromatic rings. The third-order valence-electron chi connectivity index (χ3n) is 6.46. The Morgan fingerprint density at radius 2 is 1.71 bits per heavy atom. The summed E-state index contributed by atoms with van der Waals surface area (Å²) in [5, 5.41) is 14.8. The van der Waals surface area contributed by atoms with Gasteiger partial charge in [-0.25, -0.2) is 8.42 Å². The van der Waals surface area contributed by atoms with E-state index in [0.29, 0.717) is 22.9 Å². The molecule has 0 unspecified atom stereocenters. The van der Waals surface area contributed by atoms with Crippen molar-refractivity contribution in [3.8, 4) is 5.75 Å². The van der Waals surface area contributed by atoms with Gasteiger partial charge in [-0.1, -0.05) is 35.3 Å². The minimum atomic E-state index is -4.51. The highest BCUT2D eigenvalue weighted by Crippen LogP contribution is 2.30. The smallest absolute Gasteiger partial charge is 0.273 e. The highest BCUT2D eigenvalue weighted by molar-refractivity contribution is 7.92. The molecule has 0 heterocycles. The van der Waals surface area contributed by atoms with Crippen molar-refractivity contribution in [2.75, 3.05) is 24.5 Å². The van der Waals surface area contributed by atoms with E-state index in [1.165, 1.54) is 62.3 Å². The zero-order valence-electron chi connectivity index (χ0n) is 23.3. The van der Waals surface area contributed by atoms with Crippen LogP contribution in [-0.4, -0.2) is 56.3 Å². The third-order valence-corrected chi connectivity index (χ3v) is 8.97. The first-order valence-corrected chi connectivity index (χ1v) is 14.9. The molecule has 11 nitrogen and oxygen atoms in total. The molecule has 3 aromatic carbocycles. The Labute approximate surface area is 254 Å². The molecular weight excluding hydrogens is 607 g/mol. The molecule has 14 heteroatoms. The van der Waals surface area contributed by atoms with Gasteiger partial charge in [-0.3, -0.25) is 24.0 Å². The van der Waals surface area contributed by atoms with Crippen LogP contribution < -0.4 is 14.4 Å². The number of benzene rings is 3. The van der Waals surface area contributed by atoms with Crippen LogP contribution in [0.25, 0.3) is 0 Å². The molecule has 224 valence electrons. The van der Waals surface area contributed by atoms with Crippen LogP contribution in [-0.2, 0) is 26.2 Å². The predicted octanol–water partition coefficient (Wildman–Crippen LogP) is 4.97. The molecule has 0 aliphatic heterocycles. The Balaban J connectivity index is 2.10. The van der Waals surface area contributed by atoms with Crippen molar-refractivity contribution >= 4 is 56.4 Å². The number of nitro benzene ring substituents is 1. The monoisotopic (exact) mass is 636 g/mol. The lowest BCUT2D eigenvalue weighted by Gasteiger charge is -2.32. The SMILES string of the molecule is CCNC(=O)[C@H](C)N(Cc1ccc(Cl)c(Cl)c1)C(=O)CN(c1ccc(OC)cc1)S(=O)(=O)c1ccc(C)c([N+](=O)[O-])c1. The lowest BCUT2D eigenvalue weighted by Crippen LogP contribution is -2.51. The first kappa shape index (κ1) is 32.6. The van der Waals surface area contributed by atoms with E-state index in [4.69, 9.17) is 27.9 Å². The number of nitrogens with zero attached hydrogens (tertiary/aromatic N) is 3. The number of likely N-dealkylation sites (N-methyl/N-ethyl adjacent to an activating group) is 1. The number of amides is 2. The molecule has 0 radical (unpaired) electrons. The largest absolute Gasteiger partial charge is 0.497 e. The Morgan fingerprint density at radius 3 is 2.29 bits per heavy atom. The summed E-state index contributed by atoms with van der Waals surface area (Å²) < 4.78 is 34.0. The fourth-order valence-electron chi connectivity index (χ4n) is 4.09. The average Bonchev–Trinajstić information content (AvgIpc) is 2.96. The van der Waals surface area contributed by atoms with Crippen LogP contribution in [0.2, 0.25) is 10.0 Å². The number of hydrogen-bond donors (Lipinski definition) is 1. The number of methoxy groups -OCH3 is 1. The van der Waals surface area contributed by atoms with E-state index in [1.807, 2.05) is 0 Å². The molecule has 2 amide bonds. The highest BCUT2D eigenvalue weighted by Gasteiger charge is 2.33. The summed E-state index contributed by atoms with van der Waals surface area (Å²) in [4.78, 5) is 38.5. The molecular formula is C28H30Cl2N4O7S. The van der Waals surface area contributed by atoms with Gasteiger partial charge in [-0.2, -0.15) is 0 Å². The van der Waals surface area contributed by atoms with E-state index in [9.17, 15) is 28.1 Å². The fourth-order valence-corrected chi connectivity index (χ4v) is 5.85. The summed E-state index contributed by atoms with van der Waals surface area (Å²) in [5.41, 5.74) is 0.548. The zero-order valence-corrected chi connectivity index (χ0v) is 25.7. The van der Waals surface area contributed by atoms with Crippen LogP contribution in [0.15, 0.2) is 65.6 Å². The van der Waals surface area contributed by atoms with Gasteiger partial charge in [-0.15, -0.1) is 0 Å². The molecule has 0 spiro atoms. The minimum Gasteiger partial charge on any atom is -0.497 e. The standard InChI is InChI=1S/C28H30Cl2N4O7S/c1-5-31-28(36)19(3)32(16-20-7-13-24(29)25(30)14-20)27(35)17-33(21-8-10-22(41-4)11-9-21)42(39,40)23-12-6-18(2)26(15-23)34(37)38/h6-15,19H,5,16-17H2,1-4H3,(H,31,36)/t19-/m0/s1. The first-order chi connectivity index (χ1) is 19.8. The molecule has 0 saturated carbocycles. The van der Waals surface area contributed by atoms with Crippen LogP contribution >= 0.6 is 23.2 Å². The Morgan fingerprint density at radius 1 is 1.05 bits per heavy atom. The van der Waals surface area contributed by atoms with Crippen LogP contribution in [0.4, 0.5) is 11.4 Å². The van der Waals surface area contributed by atoms with Gasteiger partial charge in [0, 0.05) is 24.7 Å². The molecule has 0 aliphatic rings. The normalized spacial score (nSPS) is 11.9. The van der Waals surface area contributed by atoms with Crippen LogP contribution in [0, 0.1) is 17.0 Å². The topological polar surface area (TPSA) is 139 Å². The van der Waals surface area contributed by atoms with Gasteiger partial charge in [-0.05, 0) is 68.8 Å². The summed E-state index contributed by atoms with van der Waals surface area (Å²) in [6, 6.07) is 13.2. The summed E-state index contributed by atoms with van der Waals surface area (Å²) in [5.74, 6) is -0.709. The summed E-state index contributed by atoms with van der Waals surface area (Å²) in [6.45, 7) is 4.26. The van der Waals surface area contributed by atoms with E-state index in [-0.39, 0.29) is 33.4 Å². The molecule has 1 N–H and O–H groups in total. The lowest BCUT2D eigenvalue weighted by atomic mass is 10.1. The summed E-state index contributed by atoms with van der Waals surface area (Å²) in [6.07, 6.45) is 0. The van der Waals surface area contributed by atoms with Gasteiger partial charge in [0.25, 0.3) is 15.7 Å². The van der Waals surface area contributed by atoms with Crippen molar-refractivity contribution in [1.29, 1.82) is 0 Å². The lowest BCUT2D eigenvalue weighted by molar-refractivity contribution is -0.385. The first-order valence-electron chi connectivity index (χ1n) is 12.7.